The van der Waals surface area contributed by atoms with Gasteiger partial charge < -0.3 is 15.4 Å². The zero-order chi connectivity index (χ0) is 20.8. The number of para-hydroxylation sites is 1. The van der Waals surface area contributed by atoms with E-state index in [1.54, 1.807) is 31.2 Å². The molecule has 0 radical (unpaired) electrons. The normalized spacial score (nSPS) is 10.3. The first-order chi connectivity index (χ1) is 14.0. The monoisotopic (exact) mass is 398 g/mol. The first-order valence-electron chi connectivity index (χ1n) is 8.59. The molecule has 7 nitrogen and oxygen atoms in total. The van der Waals surface area contributed by atoms with E-state index in [0.717, 1.165) is 12.1 Å². The fraction of sp³-hybridized carbons (Fsp3) is 0.100. The number of benzene rings is 2. The molecule has 0 saturated carbocycles. The van der Waals surface area contributed by atoms with Gasteiger partial charge in [0, 0.05) is 6.07 Å². The van der Waals surface area contributed by atoms with E-state index in [1.807, 2.05) is 0 Å². The number of nitrogens with zero attached hydrogens (tertiary/aromatic N) is 2. The zero-order valence-corrected chi connectivity index (χ0v) is 15.3. The van der Waals surface area contributed by atoms with Crippen LogP contribution in [0.1, 0.15) is 27.8 Å². The summed E-state index contributed by atoms with van der Waals surface area (Å²) in [6, 6.07) is 9.51. The van der Waals surface area contributed by atoms with E-state index in [0.29, 0.717) is 17.3 Å². The number of rotatable bonds is 6. The molecule has 148 valence electrons. The summed E-state index contributed by atoms with van der Waals surface area (Å²) in [6.07, 6.45) is 2.48. The van der Waals surface area contributed by atoms with Crippen molar-refractivity contribution in [3.8, 4) is 0 Å². The molecule has 0 aliphatic heterocycles. The van der Waals surface area contributed by atoms with Crippen LogP contribution < -0.4 is 10.6 Å². The lowest BCUT2D eigenvalue weighted by Crippen LogP contribution is -2.15. The Kier molecular flexibility index (Phi) is 6.08. The molecule has 1 aromatic heterocycles. The van der Waals surface area contributed by atoms with Crippen LogP contribution in [0.15, 0.2) is 54.9 Å². The Labute approximate surface area is 164 Å². The van der Waals surface area contributed by atoms with E-state index in [-0.39, 0.29) is 23.8 Å². The summed E-state index contributed by atoms with van der Waals surface area (Å²) in [7, 11) is 0. The molecule has 0 unspecified atom stereocenters. The number of esters is 1. The fourth-order valence-corrected chi connectivity index (χ4v) is 2.40. The summed E-state index contributed by atoms with van der Waals surface area (Å²) in [5.41, 5.74) is 0.539. The van der Waals surface area contributed by atoms with Crippen molar-refractivity contribution < 1.29 is 23.1 Å². The molecule has 0 atom stereocenters. The summed E-state index contributed by atoms with van der Waals surface area (Å²) < 4.78 is 31.6. The Bertz CT molecular complexity index is 1040. The first kappa shape index (κ1) is 19.9. The molecule has 0 aliphatic rings. The average Bonchev–Trinajstić information content (AvgIpc) is 2.71. The number of hydrogen-bond acceptors (Lipinski definition) is 6. The first-order valence-corrected chi connectivity index (χ1v) is 8.59. The van der Waals surface area contributed by atoms with Gasteiger partial charge in [-0.2, -0.15) is 0 Å². The lowest BCUT2D eigenvalue weighted by molar-refractivity contribution is 0.0527. The van der Waals surface area contributed by atoms with Crippen molar-refractivity contribution in [1.29, 1.82) is 0 Å². The number of amides is 1. The van der Waals surface area contributed by atoms with Gasteiger partial charge in [0.1, 0.15) is 23.1 Å². The number of ether oxygens (including phenoxy) is 1. The number of anilines is 3. The van der Waals surface area contributed by atoms with Gasteiger partial charge in [0.25, 0.3) is 5.91 Å². The summed E-state index contributed by atoms with van der Waals surface area (Å²) in [4.78, 5) is 32.3. The van der Waals surface area contributed by atoms with Gasteiger partial charge in [0.15, 0.2) is 0 Å². The Hall–Kier alpha value is -3.88. The SMILES string of the molecule is CCOC(=O)c1ccccc1Nc1cnc(C(=O)Nc2ccc(F)cc2F)cn1. The summed E-state index contributed by atoms with van der Waals surface area (Å²) >= 11 is 0. The molecule has 0 bridgehead atoms. The van der Waals surface area contributed by atoms with Gasteiger partial charge in [0.2, 0.25) is 0 Å². The van der Waals surface area contributed by atoms with Crippen LogP contribution in [0.5, 0.6) is 0 Å². The minimum absolute atomic E-state index is 0.0713. The van der Waals surface area contributed by atoms with E-state index < -0.39 is 23.5 Å². The highest BCUT2D eigenvalue weighted by molar-refractivity contribution is 6.02. The van der Waals surface area contributed by atoms with E-state index >= 15 is 0 Å². The maximum Gasteiger partial charge on any atom is 0.340 e. The fourth-order valence-electron chi connectivity index (χ4n) is 2.40. The lowest BCUT2D eigenvalue weighted by Gasteiger charge is -2.11. The van der Waals surface area contributed by atoms with E-state index in [9.17, 15) is 18.4 Å². The van der Waals surface area contributed by atoms with Crippen LogP contribution in [0.3, 0.4) is 0 Å². The Morgan fingerprint density at radius 3 is 2.52 bits per heavy atom. The molecule has 29 heavy (non-hydrogen) atoms. The van der Waals surface area contributed by atoms with Crippen molar-refractivity contribution in [3.63, 3.8) is 0 Å². The predicted octanol–water partition coefficient (Wildman–Crippen LogP) is 3.93. The topological polar surface area (TPSA) is 93.2 Å². The molecule has 0 saturated heterocycles. The van der Waals surface area contributed by atoms with Crippen molar-refractivity contribution >= 4 is 29.1 Å². The van der Waals surface area contributed by atoms with Gasteiger partial charge in [-0.1, -0.05) is 12.1 Å². The summed E-state index contributed by atoms with van der Waals surface area (Å²) in [5, 5.41) is 5.23. The highest BCUT2D eigenvalue weighted by atomic mass is 19.1. The Morgan fingerprint density at radius 2 is 1.83 bits per heavy atom. The molecule has 0 aliphatic carbocycles. The molecule has 3 rings (SSSR count). The largest absolute Gasteiger partial charge is 0.462 e. The van der Waals surface area contributed by atoms with Crippen molar-refractivity contribution in [2.24, 2.45) is 0 Å². The van der Waals surface area contributed by atoms with Crippen molar-refractivity contribution in [3.05, 3.63) is 77.8 Å². The molecule has 1 heterocycles. The second-order valence-electron chi connectivity index (χ2n) is 5.76. The van der Waals surface area contributed by atoms with Crippen LogP contribution >= 0.6 is 0 Å². The van der Waals surface area contributed by atoms with Crippen LogP contribution in [-0.2, 0) is 4.74 Å². The third-order valence-electron chi connectivity index (χ3n) is 3.75. The molecular formula is C20H16F2N4O3. The number of hydrogen-bond donors (Lipinski definition) is 2. The summed E-state index contributed by atoms with van der Waals surface area (Å²) in [5.74, 6) is -2.56. The third-order valence-corrected chi connectivity index (χ3v) is 3.75. The highest BCUT2D eigenvalue weighted by Gasteiger charge is 2.14. The maximum atomic E-state index is 13.7. The third kappa shape index (κ3) is 4.89. The predicted molar refractivity (Wildman–Crippen MR) is 102 cm³/mol. The number of carbonyl (C=O) groups is 2. The highest BCUT2D eigenvalue weighted by Crippen LogP contribution is 2.20. The minimum Gasteiger partial charge on any atom is -0.462 e. The molecule has 3 aromatic rings. The average molecular weight is 398 g/mol. The molecule has 9 heteroatoms. The smallest absolute Gasteiger partial charge is 0.340 e. The van der Waals surface area contributed by atoms with Gasteiger partial charge >= 0.3 is 5.97 Å². The molecule has 2 N–H and O–H groups in total. The zero-order valence-electron chi connectivity index (χ0n) is 15.3. The van der Waals surface area contributed by atoms with Crippen LogP contribution in [0.4, 0.5) is 26.0 Å². The van der Waals surface area contributed by atoms with E-state index in [2.05, 4.69) is 20.6 Å². The van der Waals surface area contributed by atoms with E-state index in [1.165, 1.54) is 12.4 Å². The number of nitrogens with one attached hydrogen (secondary N) is 2. The van der Waals surface area contributed by atoms with Gasteiger partial charge in [0.05, 0.1) is 35.9 Å². The molecule has 0 fully saturated rings. The second kappa shape index (κ2) is 8.87. The molecular weight excluding hydrogens is 382 g/mol. The van der Waals surface area contributed by atoms with Crippen LogP contribution in [0.25, 0.3) is 0 Å². The van der Waals surface area contributed by atoms with E-state index in [4.69, 9.17) is 4.74 Å². The lowest BCUT2D eigenvalue weighted by atomic mass is 10.2. The van der Waals surface area contributed by atoms with Crippen LogP contribution in [0.2, 0.25) is 0 Å². The van der Waals surface area contributed by atoms with Gasteiger partial charge in [-0.25, -0.2) is 23.5 Å². The van der Waals surface area contributed by atoms with Crippen molar-refractivity contribution in [1.82, 2.24) is 9.97 Å². The molecule has 1 amide bonds. The number of halogens is 2. The van der Waals surface area contributed by atoms with Crippen LogP contribution in [-0.4, -0.2) is 28.5 Å². The Morgan fingerprint density at radius 1 is 1.03 bits per heavy atom. The number of aromatic nitrogens is 2. The maximum absolute atomic E-state index is 13.7. The summed E-state index contributed by atoms with van der Waals surface area (Å²) in [6.45, 7) is 1.95. The standard InChI is InChI=1S/C20H16F2N4O3/c1-2-29-20(28)13-5-3-4-6-15(13)25-18-11-23-17(10-24-18)19(27)26-16-8-7-12(21)9-14(16)22/h3-11H,2H2,1H3,(H,24,25)(H,26,27). The quantitative estimate of drug-likeness (QED) is 0.611. The van der Waals surface area contributed by atoms with Crippen LogP contribution in [0, 0.1) is 11.6 Å². The minimum atomic E-state index is -0.903. The van der Waals surface area contributed by atoms with Gasteiger partial charge in [-0.15, -0.1) is 0 Å². The van der Waals surface area contributed by atoms with Gasteiger partial charge in [-0.05, 0) is 31.2 Å². The molecule has 0 spiro atoms. The molecule has 2 aromatic carbocycles. The van der Waals surface area contributed by atoms with Crippen molar-refractivity contribution in [2.75, 3.05) is 17.2 Å². The Balaban J connectivity index is 1.72. The van der Waals surface area contributed by atoms with Crippen molar-refractivity contribution in [2.45, 2.75) is 6.92 Å². The van der Waals surface area contributed by atoms with Gasteiger partial charge in [-0.3, -0.25) is 4.79 Å². The number of carbonyl (C=O) groups excluding carboxylic acids is 2. The second-order valence-corrected chi connectivity index (χ2v) is 5.76.